The second kappa shape index (κ2) is 7.37. The number of hydrogen-bond acceptors (Lipinski definition) is 5. The van der Waals surface area contributed by atoms with Crippen molar-refractivity contribution < 1.29 is 9.84 Å². The van der Waals surface area contributed by atoms with Gasteiger partial charge in [-0.05, 0) is 5.92 Å². The van der Waals surface area contributed by atoms with E-state index in [0.29, 0.717) is 32.2 Å². The number of hydrogen-bond donors (Lipinski definition) is 2. The molecule has 0 aliphatic heterocycles. The van der Waals surface area contributed by atoms with Gasteiger partial charge in [-0.25, -0.2) is 4.98 Å². The first-order chi connectivity index (χ1) is 8.08. The van der Waals surface area contributed by atoms with Crippen molar-refractivity contribution >= 4 is 0 Å². The molecule has 0 fully saturated rings. The van der Waals surface area contributed by atoms with Gasteiger partial charge in [-0.15, -0.1) is 0 Å². The molecular formula is C11H22N4O2. The van der Waals surface area contributed by atoms with Gasteiger partial charge in [-0.1, -0.05) is 13.8 Å². The number of aliphatic hydroxyl groups is 1. The third-order valence-corrected chi connectivity index (χ3v) is 2.07. The highest BCUT2D eigenvalue weighted by Crippen LogP contribution is 1.94. The van der Waals surface area contributed by atoms with Crippen LogP contribution < -0.4 is 5.32 Å². The monoisotopic (exact) mass is 242 g/mol. The lowest BCUT2D eigenvalue weighted by Gasteiger charge is -2.12. The predicted octanol–water partition coefficient (Wildman–Crippen LogP) is -0.0618. The lowest BCUT2D eigenvalue weighted by molar-refractivity contribution is 0.0260. The summed E-state index contributed by atoms with van der Waals surface area (Å²) in [6.45, 7) is 6.24. The normalized spacial score (nSPS) is 13.2. The summed E-state index contributed by atoms with van der Waals surface area (Å²) in [6, 6.07) is 0. The van der Waals surface area contributed by atoms with Crippen molar-refractivity contribution in [3.63, 3.8) is 0 Å². The van der Waals surface area contributed by atoms with Gasteiger partial charge in [0, 0.05) is 20.2 Å². The van der Waals surface area contributed by atoms with Crippen LogP contribution in [0.5, 0.6) is 0 Å². The molecule has 1 atom stereocenters. The lowest BCUT2D eigenvalue weighted by Crippen LogP contribution is -2.30. The van der Waals surface area contributed by atoms with Crippen LogP contribution in [0.3, 0.4) is 0 Å². The Morgan fingerprint density at radius 3 is 2.82 bits per heavy atom. The van der Waals surface area contributed by atoms with Crippen molar-refractivity contribution in [1.82, 2.24) is 20.1 Å². The van der Waals surface area contributed by atoms with Gasteiger partial charge in [-0.2, -0.15) is 5.10 Å². The zero-order chi connectivity index (χ0) is 12.7. The fourth-order valence-electron chi connectivity index (χ4n) is 1.31. The van der Waals surface area contributed by atoms with Crippen LogP contribution in [0.15, 0.2) is 6.33 Å². The maximum atomic E-state index is 9.61. The molecule has 0 aliphatic carbocycles. The third kappa shape index (κ3) is 6.35. The molecule has 0 saturated carbocycles. The zero-order valence-corrected chi connectivity index (χ0v) is 10.8. The highest BCUT2D eigenvalue weighted by Gasteiger charge is 2.05. The maximum absolute atomic E-state index is 9.61. The van der Waals surface area contributed by atoms with Crippen molar-refractivity contribution in [3.8, 4) is 0 Å². The number of rotatable bonds is 8. The fourth-order valence-corrected chi connectivity index (χ4v) is 1.31. The Hall–Kier alpha value is -0.980. The van der Waals surface area contributed by atoms with Gasteiger partial charge in [-0.3, -0.25) is 4.68 Å². The number of nitrogens with zero attached hydrogens (tertiary/aromatic N) is 3. The zero-order valence-electron chi connectivity index (χ0n) is 10.8. The lowest BCUT2D eigenvalue weighted by atomic mass is 10.2. The van der Waals surface area contributed by atoms with Crippen LogP contribution >= 0.6 is 0 Å². The van der Waals surface area contributed by atoms with E-state index in [1.807, 2.05) is 7.05 Å². The van der Waals surface area contributed by atoms with Crippen molar-refractivity contribution in [3.05, 3.63) is 12.2 Å². The minimum atomic E-state index is -0.488. The van der Waals surface area contributed by atoms with E-state index in [9.17, 15) is 5.11 Å². The molecule has 98 valence electrons. The molecule has 1 unspecified atom stereocenters. The number of aromatic nitrogens is 3. The average molecular weight is 242 g/mol. The first kappa shape index (κ1) is 14.1. The summed E-state index contributed by atoms with van der Waals surface area (Å²) in [5.41, 5.74) is 0. The van der Waals surface area contributed by atoms with Crippen LogP contribution in [0.4, 0.5) is 0 Å². The predicted molar refractivity (Wildman–Crippen MR) is 64.4 cm³/mol. The highest BCUT2D eigenvalue weighted by atomic mass is 16.5. The van der Waals surface area contributed by atoms with Crippen molar-refractivity contribution in [2.24, 2.45) is 13.0 Å². The SMILES string of the molecule is CC(C)COCC(O)CNCc1ncn(C)n1. The van der Waals surface area contributed by atoms with Crippen molar-refractivity contribution in [2.45, 2.75) is 26.5 Å². The molecule has 0 amide bonds. The van der Waals surface area contributed by atoms with E-state index in [0.717, 1.165) is 5.82 Å². The number of ether oxygens (including phenoxy) is 1. The van der Waals surface area contributed by atoms with E-state index in [-0.39, 0.29) is 0 Å². The molecule has 0 aromatic carbocycles. The highest BCUT2D eigenvalue weighted by molar-refractivity contribution is 4.80. The quantitative estimate of drug-likeness (QED) is 0.668. The van der Waals surface area contributed by atoms with Crippen LogP contribution in [0.1, 0.15) is 19.7 Å². The van der Waals surface area contributed by atoms with Crippen LogP contribution in [0.2, 0.25) is 0 Å². The molecular weight excluding hydrogens is 220 g/mol. The van der Waals surface area contributed by atoms with Crippen molar-refractivity contribution in [1.29, 1.82) is 0 Å². The summed E-state index contributed by atoms with van der Waals surface area (Å²) in [6.07, 6.45) is 1.16. The second-order valence-corrected chi connectivity index (χ2v) is 4.55. The fraction of sp³-hybridized carbons (Fsp3) is 0.818. The van der Waals surface area contributed by atoms with Crippen molar-refractivity contribution in [2.75, 3.05) is 19.8 Å². The van der Waals surface area contributed by atoms with E-state index in [1.54, 1.807) is 11.0 Å². The first-order valence-electron chi connectivity index (χ1n) is 5.89. The van der Waals surface area contributed by atoms with Gasteiger partial charge < -0.3 is 15.2 Å². The smallest absolute Gasteiger partial charge is 0.164 e. The van der Waals surface area contributed by atoms with Crippen LogP contribution in [-0.2, 0) is 18.3 Å². The Labute approximate surface area is 102 Å². The topological polar surface area (TPSA) is 72.2 Å². The van der Waals surface area contributed by atoms with Crippen LogP contribution in [-0.4, -0.2) is 45.7 Å². The van der Waals surface area contributed by atoms with Gasteiger partial charge in [0.05, 0.1) is 19.3 Å². The molecule has 0 bridgehead atoms. The first-order valence-corrected chi connectivity index (χ1v) is 5.89. The molecule has 0 spiro atoms. The molecule has 0 saturated heterocycles. The number of aryl methyl sites for hydroxylation is 1. The summed E-state index contributed by atoms with van der Waals surface area (Å²) < 4.78 is 6.99. The van der Waals surface area contributed by atoms with E-state index in [1.165, 1.54) is 0 Å². The van der Waals surface area contributed by atoms with Crippen LogP contribution in [0, 0.1) is 5.92 Å². The molecule has 2 N–H and O–H groups in total. The van der Waals surface area contributed by atoms with Gasteiger partial charge in [0.15, 0.2) is 5.82 Å². The van der Waals surface area contributed by atoms with Gasteiger partial charge in [0.25, 0.3) is 0 Å². The van der Waals surface area contributed by atoms with Crippen LogP contribution in [0.25, 0.3) is 0 Å². The Kier molecular flexibility index (Phi) is 6.10. The Morgan fingerprint density at radius 1 is 1.47 bits per heavy atom. The Bertz CT molecular complexity index is 314. The summed E-state index contributed by atoms with van der Waals surface area (Å²) >= 11 is 0. The van der Waals surface area contributed by atoms with Gasteiger partial charge in [0.1, 0.15) is 6.33 Å². The van der Waals surface area contributed by atoms with E-state index in [2.05, 4.69) is 29.2 Å². The maximum Gasteiger partial charge on any atom is 0.164 e. The van der Waals surface area contributed by atoms with E-state index in [4.69, 9.17) is 4.74 Å². The molecule has 17 heavy (non-hydrogen) atoms. The molecule has 1 aromatic rings. The summed E-state index contributed by atoms with van der Waals surface area (Å²) in [7, 11) is 1.82. The molecule has 1 heterocycles. The van der Waals surface area contributed by atoms with E-state index < -0.39 is 6.10 Å². The number of nitrogens with one attached hydrogen (secondary N) is 1. The Morgan fingerprint density at radius 2 is 2.24 bits per heavy atom. The Balaban J connectivity index is 2.05. The summed E-state index contributed by atoms with van der Waals surface area (Å²) in [5.74, 6) is 1.22. The molecule has 6 nitrogen and oxygen atoms in total. The largest absolute Gasteiger partial charge is 0.389 e. The molecule has 0 aliphatic rings. The van der Waals surface area contributed by atoms with Gasteiger partial charge in [0.2, 0.25) is 0 Å². The summed E-state index contributed by atoms with van der Waals surface area (Å²) in [5, 5.41) is 16.8. The standard InChI is InChI=1S/C11H22N4O2/c1-9(2)6-17-7-10(16)4-12-5-11-13-8-15(3)14-11/h8-10,12,16H,4-7H2,1-3H3. The second-order valence-electron chi connectivity index (χ2n) is 4.55. The number of aliphatic hydroxyl groups excluding tert-OH is 1. The minimum absolute atomic E-state index is 0.362. The molecule has 0 radical (unpaired) electrons. The third-order valence-electron chi connectivity index (χ3n) is 2.07. The minimum Gasteiger partial charge on any atom is -0.389 e. The average Bonchev–Trinajstić information content (AvgIpc) is 2.63. The van der Waals surface area contributed by atoms with E-state index >= 15 is 0 Å². The molecule has 1 aromatic heterocycles. The molecule has 1 rings (SSSR count). The summed E-state index contributed by atoms with van der Waals surface area (Å²) in [4.78, 5) is 4.07. The molecule has 6 heteroatoms. The van der Waals surface area contributed by atoms with Gasteiger partial charge >= 0.3 is 0 Å².